The predicted molar refractivity (Wildman–Crippen MR) is 265 cm³/mol. The molecule has 1 amide bonds. The van der Waals surface area contributed by atoms with E-state index in [-0.39, 0.29) is 12.5 Å². The number of likely N-dealkylation sites (N-methyl/N-ethyl adjacent to an activating group) is 1. The number of quaternary nitrogens is 1. The molecule has 0 rings (SSSR count). The molecule has 0 saturated carbocycles. The molecule has 0 aromatic heterocycles. The maximum atomic E-state index is 12.9. The van der Waals surface area contributed by atoms with Gasteiger partial charge in [0.2, 0.25) is 5.91 Å². The second-order valence-electron chi connectivity index (χ2n) is 18.1. The van der Waals surface area contributed by atoms with Crippen molar-refractivity contribution in [2.24, 2.45) is 0 Å². The first-order valence-electron chi connectivity index (χ1n) is 25.3. The lowest BCUT2D eigenvalue weighted by molar-refractivity contribution is -0.870. The molecule has 8 nitrogen and oxygen atoms in total. The molecule has 62 heavy (non-hydrogen) atoms. The number of hydrogen-bond donors (Lipinski definition) is 2. The predicted octanol–water partition coefficient (Wildman–Crippen LogP) is 14.1. The van der Waals surface area contributed by atoms with Crippen LogP contribution < -0.4 is 10.2 Å². The summed E-state index contributed by atoms with van der Waals surface area (Å²) in [6.07, 6.45) is 59.6. The molecule has 2 N–H and O–H groups in total. The van der Waals surface area contributed by atoms with Crippen molar-refractivity contribution in [3.05, 3.63) is 72.9 Å². The molecule has 0 fully saturated rings. The topological polar surface area (TPSA) is 108 Å². The molecule has 0 spiro atoms. The molecule has 360 valence electrons. The Labute approximate surface area is 383 Å². The van der Waals surface area contributed by atoms with Crippen LogP contribution in [0.25, 0.3) is 0 Å². The molecular weight excluding hydrogens is 792 g/mol. The highest BCUT2D eigenvalue weighted by atomic mass is 31.2. The second kappa shape index (κ2) is 44.2. The van der Waals surface area contributed by atoms with E-state index in [4.69, 9.17) is 9.05 Å². The van der Waals surface area contributed by atoms with Crippen LogP contribution >= 0.6 is 7.82 Å². The molecule has 9 heteroatoms. The van der Waals surface area contributed by atoms with Crippen molar-refractivity contribution in [2.45, 2.75) is 219 Å². The van der Waals surface area contributed by atoms with Gasteiger partial charge in [0.05, 0.1) is 39.9 Å². The molecule has 0 saturated heterocycles. The first-order valence-corrected chi connectivity index (χ1v) is 26.8. The average Bonchev–Trinajstić information content (AvgIpc) is 3.23. The molecule has 0 aromatic rings. The average molecular weight is 889 g/mol. The third-order valence-corrected chi connectivity index (χ3v) is 11.8. The van der Waals surface area contributed by atoms with E-state index in [9.17, 15) is 19.4 Å². The zero-order valence-corrected chi connectivity index (χ0v) is 41.7. The quantitative estimate of drug-likeness (QED) is 0.0273. The molecular formula is C53H97N2O6P. The van der Waals surface area contributed by atoms with E-state index in [0.717, 1.165) is 70.6 Å². The number of carbonyl (C=O) groups is 1. The number of allylic oxidation sites excluding steroid dienone is 11. The Balaban J connectivity index is 4.45. The summed E-state index contributed by atoms with van der Waals surface area (Å²) in [5.41, 5.74) is 0. The zero-order chi connectivity index (χ0) is 45.7. The minimum absolute atomic E-state index is 0.0150. The van der Waals surface area contributed by atoms with Gasteiger partial charge in [0.15, 0.2) is 0 Å². The Hall–Kier alpha value is -2.06. The number of phosphoric ester groups is 1. The Bertz CT molecular complexity index is 1240. The van der Waals surface area contributed by atoms with Crippen LogP contribution in [0.2, 0.25) is 0 Å². The smallest absolute Gasteiger partial charge is 0.268 e. The van der Waals surface area contributed by atoms with Crippen LogP contribution in [0, 0.1) is 0 Å². The lowest BCUT2D eigenvalue weighted by atomic mass is 10.1. The summed E-state index contributed by atoms with van der Waals surface area (Å²) in [6, 6.07) is -0.920. The first-order chi connectivity index (χ1) is 30.0. The van der Waals surface area contributed by atoms with Crippen molar-refractivity contribution in [3.8, 4) is 0 Å². The molecule has 3 unspecified atom stereocenters. The highest BCUT2D eigenvalue weighted by Gasteiger charge is 2.23. The van der Waals surface area contributed by atoms with E-state index in [0.29, 0.717) is 17.4 Å². The van der Waals surface area contributed by atoms with Gasteiger partial charge in [-0.15, -0.1) is 0 Å². The van der Waals surface area contributed by atoms with Gasteiger partial charge in [-0.2, -0.15) is 0 Å². The van der Waals surface area contributed by atoms with Crippen LogP contribution in [-0.2, 0) is 18.4 Å². The summed E-state index contributed by atoms with van der Waals surface area (Å²) >= 11 is 0. The monoisotopic (exact) mass is 889 g/mol. The fourth-order valence-electron chi connectivity index (χ4n) is 6.84. The molecule has 0 bridgehead atoms. The van der Waals surface area contributed by atoms with Gasteiger partial charge < -0.3 is 28.8 Å². The summed E-state index contributed by atoms with van der Waals surface area (Å²) in [7, 11) is 1.22. The summed E-state index contributed by atoms with van der Waals surface area (Å²) in [5, 5.41) is 13.8. The number of nitrogens with zero attached hydrogens (tertiary/aromatic N) is 1. The van der Waals surface area contributed by atoms with E-state index < -0.39 is 26.6 Å². The van der Waals surface area contributed by atoms with Crippen molar-refractivity contribution < 1.29 is 32.9 Å². The number of carbonyl (C=O) groups excluding carboxylic acids is 1. The number of phosphoric acid groups is 1. The Morgan fingerprint density at radius 3 is 1.42 bits per heavy atom. The summed E-state index contributed by atoms with van der Waals surface area (Å²) in [4.78, 5) is 25.4. The molecule has 0 aliphatic rings. The number of aliphatic hydroxyl groups excluding tert-OH is 1. The normalized spacial score (nSPS) is 14.8. The van der Waals surface area contributed by atoms with Crippen LogP contribution in [-0.4, -0.2) is 68.5 Å². The van der Waals surface area contributed by atoms with Crippen molar-refractivity contribution >= 4 is 13.7 Å². The summed E-state index contributed by atoms with van der Waals surface area (Å²) < 4.78 is 23.2. The Kier molecular flexibility index (Phi) is 42.7. The van der Waals surface area contributed by atoms with Gasteiger partial charge in [0.25, 0.3) is 7.82 Å². The maximum absolute atomic E-state index is 12.9. The second-order valence-corrected chi connectivity index (χ2v) is 19.6. The van der Waals surface area contributed by atoms with Gasteiger partial charge in [0.1, 0.15) is 13.2 Å². The molecule has 3 atom stereocenters. The van der Waals surface area contributed by atoms with Crippen molar-refractivity contribution in [2.75, 3.05) is 40.9 Å². The lowest BCUT2D eigenvalue weighted by Crippen LogP contribution is -2.45. The van der Waals surface area contributed by atoms with Gasteiger partial charge in [-0.1, -0.05) is 189 Å². The highest BCUT2D eigenvalue weighted by molar-refractivity contribution is 7.45. The fourth-order valence-corrected chi connectivity index (χ4v) is 7.56. The SMILES string of the molecule is CCCCCCC/C=C\C/C=C\C/C=C\CCCCCCCCC(=O)NC(COP(=O)([O-])OCC[N+](C)(C)C)C(O)/C=C/CC/C=C/CC/C=C/CCCCCCCCCCC. The van der Waals surface area contributed by atoms with Crippen LogP contribution in [0.15, 0.2) is 72.9 Å². The van der Waals surface area contributed by atoms with Gasteiger partial charge in [-0.3, -0.25) is 9.36 Å². The van der Waals surface area contributed by atoms with Crippen LogP contribution in [0.3, 0.4) is 0 Å². The molecule has 0 aliphatic carbocycles. The summed E-state index contributed by atoms with van der Waals surface area (Å²) in [6.45, 7) is 4.59. The molecule has 0 aromatic carbocycles. The zero-order valence-electron chi connectivity index (χ0n) is 40.8. The first kappa shape index (κ1) is 59.9. The Morgan fingerprint density at radius 1 is 0.565 bits per heavy atom. The lowest BCUT2D eigenvalue weighted by Gasteiger charge is -2.29. The Morgan fingerprint density at radius 2 is 0.952 bits per heavy atom. The number of nitrogens with one attached hydrogen (secondary N) is 1. The number of aliphatic hydroxyl groups is 1. The number of hydrogen-bond acceptors (Lipinski definition) is 6. The fraction of sp³-hybridized carbons (Fsp3) is 0.755. The van der Waals surface area contributed by atoms with E-state index in [1.54, 1.807) is 6.08 Å². The number of rotatable bonds is 45. The number of amides is 1. The van der Waals surface area contributed by atoms with Crippen molar-refractivity contribution in [1.82, 2.24) is 5.32 Å². The molecule has 0 heterocycles. The number of unbranched alkanes of at least 4 members (excludes halogenated alkanes) is 22. The standard InChI is InChI=1S/C53H97N2O6P/c1-6-8-10-12-14-16-18-20-22-24-26-27-29-31-33-35-37-39-41-43-45-47-53(57)54-51(50-61-62(58,59)60-49-48-55(3,4)5)52(56)46-44-42-40-38-36-34-32-30-28-25-23-21-19-17-15-13-11-9-7-2/h18,20,24,26,28-31,36,38,44,46,51-52,56H,6-17,19,21-23,25,27,32-35,37,39-43,45,47-50H2,1-5H3,(H-,54,57,58,59)/b20-18-,26-24-,30-28+,31-29-,38-36+,46-44+. The highest BCUT2D eigenvalue weighted by Crippen LogP contribution is 2.38. The van der Waals surface area contributed by atoms with Gasteiger partial charge >= 0.3 is 0 Å². The van der Waals surface area contributed by atoms with E-state index in [1.807, 2.05) is 27.2 Å². The summed E-state index contributed by atoms with van der Waals surface area (Å²) in [5.74, 6) is -0.226. The van der Waals surface area contributed by atoms with Gasteiger partial charge in [-0.05, 0) is 83.5 Å². The van der Waals surface area contributed by atoms with Gasteiger partial charge in [-0.25, -0.2) is 0 Å². The van der Waals surface area contributed by atoms with E-state index in [1.165, 1.54) is 116 Å². The van der Waals surface area contributed by atoms with E-state index >= 15 is 0 Å². The minimum Gasteiger partial charge on any atom is -0.756 e. The third-order valence-electron chi connectivity index (χ3n) is 10.9. The van der Waals surface area contributed by atoms with Crippen molar-refractivity contribution in [3.63, 3.8) is 0 Å². The maximum Gasteiger partial charge on any atom is 0.268 e. The van der Waals surface area contributed by atoms with Crippen LogP contribution in [0.5, 0.6) is 0 Å². The van der Waals surface area contributed by atoms with Crippen LogP contribution in [0.1, 0.15) is 206 Å². The van der Waals surface area contributed by atoms with E-state index in [2.05, 4.69) is 79.9 Å². The van der Waals surface area contributed by atoms with Gasteiger partial charge in [0, 0.05) is 6.42 Å². The largest absolute Gasteiger partial charge is 0.756 e. The van der Waals surface area contributed by atoms with Crippen molar-refractivity contribution in [1.29, 1.82) is 0 Å². The third kappa shape index (κ3) is 45.9. The molecule has 0 radical (unpaired) electrons. The minimum atomic E-state index is -4.61. The van der Waals surface area contributed by atoms with Crippen LogP contribution in [0.4, 0.5) is 0 Å². The molecule has 0 aliphatic heterocycles.